The number of ether oxygens (including phenoxy) is 2. The van der Waals surface area contributed by atoms with Gasteiger partial charge in [-0.3, -0.25) is 0 Å². The number of phenols is 1. The van der Waals surface area contributed by atoms with Crippen molar-refractivity contribution in [2.24, 2.45) is 0 Å². The van der Waals surface area contributed by atoms with Crippen LogP contribution in [0, 0.1) is 6.92 Å². The third-order valence-electron chi connectivity index (χ3n) is 5.03. The van der Waals surface area contributed by atoms with Crippen LogP contribution in [0.5, 0.6) is 17.2 Å². The smallest absolute Gasteiger partial charge is 0.161 e. The van der Waals surface area contributed by atoms with Crippen LogP contribution in [-0.4, -0.2) is 25.9 Å². The van der Waals surface area contributed by atoms with E-state index >= 15 is 0 Å². The molecule has 1 aliphatic heterocycles. The van der Waals surface area contributed by atoms with E-state index < -0.39 is 0 Å². The first-order valence-corrected chi connectivity index (χ1v) is 7.98. The number of aromatic hydroxyl groups is 1. The van der Waals surface area contributed by atoms with Crippen molar-refractivity contribution in [2.45, 2.75) is 25.8 Å². The van der Waals surface area contributed by atoms with Crippen molar-refractivity contribution in [3.8, 4) is 28.4 Å². The maximum absolute atomic E-state index is 10.1. The number of methoxy groups -OCH3 is 2. The van der Waals surface area contributed by atoms with Crippen LogP contribution in [0.25, 0.3) is 11.1 Å². The van der Waals surface area contributed by atoms with Gasteiger partial charge in [0, 0.05) is 11.6 Å². The van der Waals surface area contributed by atoms with Crippen molar-refractivity contribution in [3.05, 3.63) is 40.5 Å². The second-order valence-electron chi connectivity index (χ2n) is 6.32. The van der Waals surface area contributed by atoms with Gasteiger partial charge in [-0.1, -0.05) is 6.07 Å². The van der Waals surface area contributed by atoms with E-state index in [2.05, 4.69) is 18.3 Å². The first-order chi connectivity index (χ1) is 11.1. The summed E-state index contributed by atoms with van der Waals surface area (Å²) >= 11 is 0. The maximum Gasteiger partial charge on any atom is 0.161 e. The Bertz CT molecular complexity index is 798. The Kier molecular flexibility index (Phi) is 3.23. The fourth-order valence-electron chi connectivity index (χ4n) is 4.07. The molecule has 2 aromatic carbocycles. The Morgan fingerprint density at radius 3 is 2.70 bits per heavy atom. The molecule has 4 nitrogen and oxygen atoms in total. The predicted molar refractivity (Wildman–Crippen MR) is 89.5 cm³/mol. The van der Waals surface area contributed by atoms with Gasteiger partial charge >= 0.3 is 0 Å². The molecule has 1 atom stereocenters. The normalized spacial score (nSPS) is 18.1. The maximum atomic E-state index is 10.1. The molecule has 0 fully saturated rings. The SMILES string of the molecule is COc1cc2c(cc1O)C[C@@H]1NCCc3cc(C)c(OC)c-2c31. The number of hydrogen-bond acceptors (Lipinski definition) is 4. The zero-order valence-electron chi connectivity index (χ0n) is 13.7. The van der Waals surface area contributed by atoms with Gasteiger partial charge in [0.05, 0.1) is 14.2 Å². The standard InChI is InChI=1S/C19H21NO3/c1-10-6-11-4-5-20-14-7-12-8-15(21)16(22-2)9-13(12)18(17(11)14)19(10)23-3/h6,8-9,14,20-21H,4-5,7H2,1-3H3/t14-/m0/s1. The average molecular weight is 311 g/mol. The lowest BCUT2D eigenvalue weighted by molar-refractivity contribution is 0.372. The van der Waals surface area contributed by atoms with Crippen LogP contribution < -0.4 is 14.8 Å². The van der Waals surface area contributed by atoms with Crippen molar-refractivity contribution < 1.29 is 14.6 Å². The molecule has 2 N–H and O–H groups in total. The number of phenolic OH excluding ortho intramolecular Hbond substituents is 1. The first kappa shape index (κ1) is 14.4. The van der Waals surface area contributed by atoms with Gasteiger partial charge in [-0.25, -0.2) is 0 Å². The highest BCUT2D eigenvalue weighted by molar-refractivity contribution is 5.83. The van der Waals surface area contributed by atoms with Crippen molar-refractivity contribution in [2.75, 3.05) is 20.8 Å². The molecule has 0 amide bonds. The highest BCUT2D eigenvalue weighted by atomic mass is 16.5. The molecule has 4 heteroatoms. The van der Waals surface area contributed by atoms with Crippen LogP contribution in [0.1, 0.15) is 28.3 Å². The largest absolute Gasteiger partial charge is 0.504 e. The fraction of sp³-hybridized carbons (Fsp3) is 0.368. The van der Waals surface area contributed by atoms with Crippen LogP contribution in [0.2, 0.25) is 0 Å². The third kappa shape index (κ3) is 2.01. The molecule has 0 saturated carbocycles. The van der Waals surface area contributed by atoms with Crippen LogP contribution in [0.15, 0.2) is 18.2 Å². The Hall–Kier alpha value is -2.20. The molecule has 0 aromatic heterocycles. The van der Waals surface area contributed by atoms with Gasteiger partial charge in [0.2, 0.25) is 0 Å². The van der Waals surface area contributed by atoms with E-state index in [-0.39, 0.29) is 11.8 Å². The van der Waals surface area contributed by atoms with E-state index in [0.29, 0.717) is 5.75 Å². The summed E-state index contributed by atoms with van der Waals surface area (Å²) in [6.45, 7) is 3.08. The monoisotopic (exact) mass is 311 g/mol. The molecule has 23 heavy (non-hydrogen) atoms. The Morgan fingerprint density at radius 1 is 1.13 bits per heavy atom. The summed E-state index contributed by atoms with van der Waals surface area (Å²) in [4.78, 5) is 0. The van der Waals surface area contributed by atoms with Gasteiger partial charge in [-0.15, -0.1) is 0 Å². The second kappa shape index (κ2) is 5.17. The number of benzene rings is 2. The number of fused-ring (bicyclic) bond motifs is 2. The van der Waals surface area contributed by atoms with Crippen molar-refractivity contribution in [1.29, 1.82) is 0 Å². The van der Waals surface area contributed by atoms with Gasteiger partial charge in [-0.05, 0) is 66.3 Å². The van der Waals surface area contributed by atoms with E-state index in [1.54, 1.807) is 14.2 Å². The predicted octanol–water partition coefficient (Wildman–Crippen LogP) is 3.13. The average Bonchev–Trinajstić information content (AvgIpc) is 2.54. The van der Waals surface area contributed by atoms with E-state index in [9.17, 15) is 5.11 Å². The Balaban J connectivity index is 2.07. The van der Waals surface area contributed by atoms with E-state index in [0.717, 1.165) is 47.4 Å². The molecule has 0 unspecified atom stereocenters. The van der Waals surface area contributed by atoms with E-state index in [1.807, 2.05) is 12.1 Å². The molecule has 2 aromatic rings. The lowest BCUT2D eigenvalue weighted by Crippen LogP contribution is -2.34. The number of rotatable bonds is 2. The molecule has 0 bridgehead atoms. The van der Waals surface area contributed by atoms with Crippen LogP contribution in [0.3, 0.4) is 0 Å². The molecule has 1 heterocycles. The second-order valence-corrected chi connectivity index (χ2v) is 6.32. The summed E-state index contributed by atoms with van der Waals surface area (Å²) in [7, 11) is 3.31. The van der Waals surface area contributed by atoms with Crippen LogP contribution in [0.4, 0.5) is 0 Å². The van der Waals surface area contributed by atoms with Crippen molar-refractivity contribution in [1.82, 2.24) is 5.32 Å². The Labute approximate surface area is 136 Å². The zero-order valence-corrected chi connectivity index (χ0v) is 13.7. The minimum absolute atomic E-state index is 0.192. The van der Waals surface area contributed by atoms with Gasteiger partial charge < -0.3 is 19.9 Å². The summed E-state index contributed by atoms with van der Waals surface area (Å²) in [6.07, 6.45) is 1.91. The first-order valence-electron chi connectivity index (χ1n) is 7.98. The minimum atomic E-state index is 0.192. The number of aryl methyl sites for hydroxylation is 1. The highest BCUT2D eigenvalue weighted by Crippen LogP contribution is 2.50. The van der Waals surface area contributed by atoms with Gasteiger partial charge in [0.15, 0.2) is 11.5 Å². The molecule has 2 aliphatic rings. The van der Waals surface area contributed by atoms with E-state index in [1.165, 1.54) is 11.1 Å². The molecular weight excluding hydrogens is 290 g/mol. The third-order valence-corrected chi connectivity index (χ3v) is 5.03. The van der Waals surface area contributed by atoms with Crippen LogP contribution >= 0.6 is 0 Å². The molecule has 120 valence electrons. The quantitative estimate of drug-likeness (QED) is 0.895. The molecule has 0 spiro atoms. The summed E-state index contributed by atoms with van der Waals surface area (Å²) in [5.41, 5.74) is 7.29. The Morgan fingerprint density at radius 2 is 1.96 bits per heavy atom. The molecular formula is C19H21NO3. The van der Waals surface area contributed by atoms with Gasteiger partial charge in [0.1, 0.15) is 5.75 Å². The van der Waals surface area contributed by atoms with Crippen molar-refractivity contribution in [3.63, 3.8) is 0 Å². The van der Waals surface area contributed by atoms with Crippen LogP contribution in [-0.2, 0) is 12.8 Å². The van der Waals surface area contributed by atoms with Gasteiger partial charge in [-0.2, -0.15) is 0 Å². The highest BCUT2D eigenvalue weighted by Gasteiger charge is 2.33. The molecule has 4 rings (SSSR count). The lowest BCUT2D eigenvalue weighted by atomic mass is 9.76. The topological polar surface area (TPSA) is 50.7 Å². The lowest BCUT2D eigenvalue weighted by Gasteiger charge is -2.36. The van der Waals surface area contributed by atoms with E-state index in [4.69, 9.17) is 9.47 Å². The van der Waals surface area contributed by atoms with Gasteiger partial charge in [0.25, 0.3) is 0 Å². The summed E-state index contributed by atoms with van der Waals surface area (Å²) < 4.78 is 11.1. The zero-order chi connectivity index (χ0) is 16.1. The molecule has 1 aliphatic carbocycles. The molecule has 0 saturated heterocycles. The summed E-state index contributed by atoms with van der Waals surface area (Å²) in [6, 6.07) is 6.30. The molecule has 0 radical (unpaired) electrons. The minimum Gasteiger partial charge on any atom is -0.504 e. The summed E-state index contributed by atoms with van der Waals surface area (Å²) in [5.74, 6) is 1.62. The summed E-state index contributed by atoms with van der Waals surface area (Å²) in [5, 5.41) is 13.8. The fourth-order valence-corrected chi connectivity index (χ4v) is 4.07. The van der Waals surface area contributed by atoms with Crippen molar-refractivity contribution >= 4 is 0 Å². The number of nitrogens with one attached hydrogen (secondary N) is 1. The number of hydrogen-bond donors (Lipinski definition) is 2.